The van der Waals surface area contributed by atoms with Crippen LogP contribution in [0.1, 0.15) is 18.3 Å². The van der Waals surface area contributed by atoms with Crippen LogP contribution in [0.15, 0.2) is 30.3 Å². The first-order valence-electron chi connectivity index (χ1n) is 7.34. The minimum Gasteiger partial charge on any atom is -0.479 e. The Kier molecular flexibility index (Phi) is 4.89. The third-order valence-corrected chi connectivity index (χ3v) is 3.44. The molecule has 1 aromatic carbocycles. The number of carbonyl (C=O) groups is 2. The van der Waals surface area contributed by atoms with Crippen molar-refractivity contribution in [3.05, 3.63) is 41.7 Å². The van der Waals surface area contributed by atoms with Gasteiger partial charge in [0.05, 0.1) is 23.6 Å². The van der Waals surface area contributed by atoms with E-state index in [1.54, 1.807) is 16.8 Å². The van der Waals surface area contributed by atoms with Gasteiger partial charge in [-0.05, 0) is 39.0 Å². The number of hydrogen-bond acceptors (Lipinski definition) is 4. The topological polar surface area (TPSA) is 116 Å². The number of hydrogen-bond donors (Lipinski definition) is 4. The van der Waals surface area contributed by atoms with Gasteiger partial charge in [0, 0.05) is 5.69 Å². The van der Waals surface area contributed by atoms with Crippen molar-refractivity contribution in [1.29, 1.82) is 0 Å². The molecular weight excluding hydrogens is 312 g/mol. The molecule has 8 heteroatoms. The molecule has 4 N–H and O–H groups in total. The summed E-state index contributed by atoms with van der Waals surface area (Å²) < 4.78 is 1.71. The van der Waals surface area contributed by atoms with E-state index in [4.69, 9.17) is 5.11 Å². The second-order valence-electron chi connectivity index (χ2n) is 5.74. The fourth-order valence-electron chi connectivity index (χ4n) is 2.13. The number of urea groups is 1. The van der Waals surface area contributed by atoms with Crippen LogP contribution < -0.4 is 10.6 Å². The number of rotatable bonds is 5. The molecule has 128 valence electrons. The number of aryl methyl sites for hydroxylation is 2. The van der Waals surface area contributed by atoms with E-state index in [2.05, 4.69) is 15.7 Å². The fourth-order valence-corrected chi connectivity index (χ4v) is 2.13. The van der Waals surface area contributed by atoms with Gasteiger partial charge in [-0.1, -0.05) is 12.1 Å². The van der Waals surface area contributed by atoms with Crippen molar-refractivity contribution in [2.24, 2.45) is 0 Å². The molecular formula is C16H20N4O4. The lowest BCUT2D eigenvalue weighted by Gasteiger charge is -2.19. The molecule has 2 amide bonds. The molecule has 0 fully saturated rings. The van der Waals surface area contributed by atoms with Crippen LogP contribution in [0.2, 0.25) is 0 Å². The summed E-state index contributed by atoms with van der Waals surface area (Å²) in [7, 11) is 0. The maximum atomic E-state index is 12.0. The number of anilines is 1. The van der Waals surface area contributed by atoms with E-state index in [1.165, 1.54) is 0 Å². The number of nitrogens with one attached hydrogen (secondary N) is 2. The molecule has 1 unspecified atom stereocenters. The van der Waals surface area contributed by atoms with Gasteiger partial charge in [0.25, 0.3) is 0 Å². The van der Waals surface area contributed by atoms with E-state index in [0.717, 1.165) is 18.3 Å². The van der Waals surface area contributed by atoms with Crippen LogP contribution in [0.25, 0.3) is 5.69 Å². The summed E-state index contributed by atoms with van der Waals surface area (Å²) >= 11 is 0. The smallest absolute Gasteiger partial charge is 0.337 e. The highest BCUT2D eigenvalue weighted by atomic mass is 16.4. The molecule has 24 heavy (non-hydrogen) atoms. The van der Waals surface area contributed by atoms with E-state index in [0.29, 0.717) is 11.4 Å². The highest BCUT2D eigenvalue weighted by molar-refractivity contribution is 5.92. The second kappa shape index (κ2) is 6.71. The highest BCUT2D eigenvalue weighted by Gasteiger charge is 2.30. The monoisotopic (exact) mass is 332 g/mol. The summed E-state index contributed by atoms with van der Waals surface area (Å²) in [5.41, 5.74) is 0.923. The summed E-state index contributed by atoms with van der Waals surface area (Å²) in [6.45, 7) is 4.47. The van der Waals surface area contributed by atoms with Crippen LogP contribution in [-0.2, 0) is 4.79 Å². The molecule has 0 aliphatic carbocycles. The average Bonchev–Trinajstić information content (AvgIpc) is 2.84. The normalized spacial score (nSPS) is 13.2. The van der Waals surface area contributed by atoms with Crippen LogP contribution in [0.4, 0.5) is 10.5 Å². The largest absolute Gasteiger partial charge is 0.479 e. The lowest BCUT2D eigenvalue weighted by atomic mass is 10.1. The average molecular weight is 332 g/mol. The van der Waals surface area contributed by atoms with Gasteiger partial charge in [-0.2, -0.15) is 5.10 Å². The molecule has 0 bridgehead atoms. The Morgan fingerprint density at radius 3 is 2.54 bits per heavy atom. The number of nitrogens with zero attached hydrogens (tertiary/aromatic N) is 2. The molecule has 8 nitrogen and oxygen atoms in total. The Morgan fingerprint density at radius 2 is 1.96 bits per heavy atom. The minimum atomic E-state index is -2.04. The maximum Gasteiger partial charge on any atom is 0.337 e. The van der Waals surface area contributed by atoms with Crippen LogP contribution in [0.5, 0.6) is 0 Å². The number of aliphatic hydroxyl groups is 1. The molecule has 0 saturated heterocycles. The zero-order chi connectivity index (χ0) is 17.9. The van der Waals surface area contributed by atoms with Gasteiger partial charge in [-0.15, -0.1) is 0 Å². The van der Waals surface area contributed by atoms with Crippen molar-refractivity contribution in [2.45, 2.75) is 26.4 Å². The zero-order valence-corrected chi connectivity index (χ0v) is 13.7. The van der Waals surface area contributed by atoms with E-state index in [9.17, 15) is 14.7 Å². The number of benzene rings is 1. The molecule has 0 radical (unpaired) electrons. The second-order valence-corrected chi connectivity index (χ2v) is 5.74. The maximum absolute atomic E-state index is 12.0. The Labute approximate surface area is 139 Å². The SMILES string of the molecule is Cc1cc(C)n(-c2ccccc2NC(=O)NCC(C)(O)C(=O)O)n1. The summed E-state index contributed by atoms with van der Waals surface area (Å²) in [5, 5.41) is 27.8. The molecule has 1 heterocycles. The predicted octanol–water partition coefficient (Wildman–Crippen LogP) is 1.45. The first kappa shape index (κ1) is 17.5. The molecule has 1 atom stereocenters. The van der Waals surface area contributed by atoms with E-state index in [-0.39, 0.29) is 0 Å². The van der Waals surface area contributed by atoms with E-state index in [1.807, 2.05) is 32.0 Å². The summed E-state index contributed by atoms with van der Waals surface area (Å²) in [6.07, 6.45) is 0. The van der Waals surface area contributed by atoms with Gasteiger partial charge in [-0.3, -0.25) is 0 Å². The van der Waals surface area contributed by atoms with Crippen LogP contribution >= 0.6 is 0 Å². The van der Waals surface area contributed by atoms with Crippen LogP contribution in [0, 0.1) is 13.8 Å². The standard InChI is InChI=1S/C16H20N4O4/c1-10-8-11(2)20(19-10)13-7-5-4-6-12(13)18-15(23)17-9-16(3,24)14(21)22/h4-8,24H,9H2,1-3H3,(H,21,22)(H2,17,18,23). The summed E-state index contributed by atoms with van der Waals surface area (Å²) in [4.78, 5) is 22.8. The summed E-state index contributed by atoms with van der Waals surface area (Å²) in [6, 6.07) is 8.40. The minimum absolute atomic E-state index is 0.420. The number of aromatic nitrogens is 2. The predicted molar refractivity (Wildman–Crippen MR) is 88.3 cm³/mol. The van der Waals surface area contributed by atoms with Crippen LogP contribution in [0.3, 0.4) is 0 Å². The lowest BCUT2D eigenvalue weighted by molar-refractivity contribution is -0.155. The third-order valence-electron chi connectivity index (χ3n) is 3.44. The van der Waals surface area contributed by atoms with Crippen molar-refractivity contribution in [1.82, 2.24) is 15.1 Å². The number of carboxylic acid groups (broad SMARTS) is 1. The van der Waals surface area contributed by atoms with Gasteiger partial charge < -0.3 is 20.8 Å². The highest BCUT2D eigenvalue weighted by Crippen LogP contribution is 2.21. The number of carboxylic acids is 1. The van der Waals surface area contributed by atoms with E-state index < -0.39 is 24.1 Å². The van der Waals surface area contributed by atoms with Gasteiger partial charge in [-0.25, -0.2) is 14.3 Å². The molecule has 1 aromatic heterocycles. The number of carbonyl (C=O) groups excluding carboxylic acids is 1. The molecule has 0 aliphatic heterocycles. The van der Waals surface area contributed by atoms with Gasteiger partial charge in [0.1, 0.15) is 0 Å². The van der Waals surface area contributed by atoms with Crippen molar-refractivity contribution < 1.29 is 19.8 Å². The van der Waals surface area contributed by atoms with Crippen molar-refractivity contribution in [2.75, 3.05) is 11.9 Å². The molecule has 0 spiro atoms. The molecule has 2 aromatic rings. The first-order chi connectivity index (χ1) is 11.2. The van der Waals surface area contributed by atoms with Crippen molar-refractivity contribution in [3.8, 4) is 5.69 Å². The Bertz CT molecular complexity index is 767. The molecule has 0 aliphatic rings. The molecule has 0 saturated carbocycles. The Hall–Kier alpha value is -2.87. The molecule has 2 rings (SSSR count). The summed E-state index contributed by atoms with van der Waals surface area (Å²) in [5.74, 6) is -1.41. The van der Waals surface area contributed by atoms with Crippen molar-refractivity contribution >= 4 is 17.7 Å². The first-order valence-corrected chi connectivity index (χ1v) is 7.34. The lowest BCUT2D eigenvalue weighted by Crippen LogP contribution is -2.47. The zero-order valence-electron chi connectivity index (χ0n) is 13.7. The number of para-hydroxylation sites is 2. The van der Waals surface area contributed by atoms with Crippen LogP contribution in [-0.4, -0.2) is 44.1 Å². The third kappa shape index (κ3) is 3.90. The van der Waals surface area contributed by atoms with Gasteiger partial charge in [0.2, 0.25) is 0 Å². The fraction of sp³-hybridized carbons (Fsp3) is 0.312. The Morgan fingerprint density at radius 1 is 1.29 bits per heavy atom. The quantitative estimate of drug-likeness (QED) is 0.661. The number of amides is 2. The Balaban J connectivity index is 2.15. The van der Waals surface area contributed by atoms with Gasteiger partial charge >= 0.3 is 12.0 Å². The van der Waals surface area contributed by atoms with E-state index >= 15 is 0 Å². The van der Waals surface area contributed by atoms with Gasteiger partial charge in [0.15, 0.2) is 5.60 Å². The van der Waals surface area contributed by atoms with Crippen molar-refractivity contribution in [3.63, 3.8) is 0 Å². The number of aliphatic carboxylic acids is 1.